The first kappa shape index (κ1) is 12.9. The van der Waals surface area contributed by atoms with Gasteiger partial charge in [-0.1, -0.05) is 13.3 Å². The fourth-order valence-electron chi connectivity index (χ4n) is 5.05. The van der Waals surface area contributed by atoms with Crippen molar-refractivity contribution in [3.05, 3.63) is 0 Å². The van der Waals surface area contributed by atoms with Crippen LogP contribution in [0.1, 0.15) is 58.3 Å². The van der Waals surface area contributed by atoms with Crippen molar-refractivity contribution < 1.29 is 4.74 Å². The lowest BCUT2D eigenvalue weighted by Crippen LogP contribution is -2.56. The molecular formula is C16H29NO. The normalized spacial score (nSPS) is 49.5. The minimum absolute atomic E-state index is 0.00164. The van der Waals surface area contributed by atoms with Crippen LogP contribution in [0.5, 0.6) is 0 Å². The quantitative estimate of drug-likeness (QED) is 0.835. The highest BCUT2D eigenvalue weighted by Crippen LogP contribution is 2.52. The molecule has 0 saturated heterocycles. The van der Waals surface area contributed by atoms with Crippen LogP contribution in [0.3, 0.4) is 0 Å². The summed E-state index contributed by atoms with van der Waals surface area (Å²) in [5.41, 5.74) is 6.71. The summed E-state index contributed by atoms with van der Waals surface area (Å²) >= 11 is 0. The zero-order chi connectivity index (χ0) is 12.8. The van der Waals surface area contributed by atoms with E-state index in [9.17, 15) is 0 Å². The number of nitrogens with two attached hydrogens (primary N) is 1. The number of fused-ring (bicyclic) bond motifs is 2. The minimum atomic E-state index is 0.00164. The molecule has 104 valence electrons. The maximum Gasteiger partial charge on any atom is 0.0831 e. The summed E-state index contributed by atoms with van der Waals surface area (Å²) in [7, 11) is 1.89. The Bertz CT molecular complexity index is 295. The largest absolute Gasteiger partial charge is 0.377 e. The number of ether oxygens (including phenoxy) is 1. The smallest absolute Gasteiger partial charge is 0.0831 e. The molecule has 0 amide bonds. The first-order chi connectivity index (χ1) is 8.64. The molecule has 0 aliphatic heterocycles. The summed E-state index contributed by atoms with van der Waals surface area (Å²) in [6, 6.07) is 0.283. The van der Waals surface area contributed by atoms with E-state index in [0.29, 0.717) is 0 Å². The van der Waals surface area contributed by atoms with Gasteiger partial charge in [0.1, 0.15) is 0 Å². The SMILES string of the molecule is COC1(C(N)C2CC3CCC2C3)CCC(C)CC1. The summed E-state index contributed by atoms with van der Waals surface area (Å²) in [6.45, 7) is 2.36. The lowest BCUT2D eigenvalue weighted by atomic mass is 9.69. The first-order valence-electron chi connectivity index (χ1n) is 7.95. The van der Waals surface area contributed by atoms with Crippen LogP contribution < -0.4 is 5.73 Å². The molecule has 0 aromatic carbocycles. The van der Waals surface area contributed by atoms with E-state index >= 15 is 0 Å². The van der Waals surface area contributed by atoms with Gasteiger partial charge in [-0.15, -0.1) is 0 Å². The Labute approximate surface area is 112 Å². The van der Waals surface area contributed by atoms with Crippen LogP contribution in [-0.4, -0.2) is 18.8 Å². The molecule has 2 heteroatoms. The van der Waals surface area contributed by atoms with Gasteiger partial charge in [0.05, 0.1) is 5.60 Å². The summed E-state index contributed by atoms with van der Waals surface area (Å²) < 4.78 is 5.98. The highest BCUT2D eigenvalue weighted by molar-refractivity contribution is 5.03. The molecule has 0 radical (unpaired) electrons. The summed E-state index contributed by atoms with van der Waals surface area (Å²) in [5.74, 6) is 3.51. The number of hydrogen-bond acceptors (Lipinski definition) is 2. The number of hydrogen-bond donors (Lipinski definition) is 1. The highest BCUT2D eigenvalue weighted by atomic mass is 16.5. The average Bonchev–Trinajstić information content (AvgIpc) is 3.01. The molecule has 3 aliphatic carbocycles. The maximum absolute atomic E-state index is 6.71. The molecule has 0 spiro atoms. The highest BCUT2D eigenvalue weighted by Gasteiger charge is 2.50. The van der Waals surface area contributed by atoms with Crippen molar-refractivity contribution in [1.82, 2.24) is 0 Å². The van der Waals surface area contributed by atoms with Crippen molar-refractivity contribution in [1.29, 1.82) is 0 Å². The Kier molecular flexibility index (Phi) is 3.44. The Morgan fingerprint density at radius 2 is 1.83 bits per heavy atom. The van der Waals surface area contributed by atoms with Crippen molar-refractivity contribution in [2.75, 3.05) is 7.11 Å². The second-order valence-electron chi connectivity index (χ2n) is 7.32. The van der Waals surface area contributed by atoms with Gasteiger partial charge in [-0.05, 0) is 68.6 Å². The first-order valence-corrected chi connectivity index (χ1v) is 7.95. The molecule has 3 rings (SSSR count). The zero-order valence-corrected chi connectivity index (χ0v) is 12.0. The van der Waals surface area contributed by atoms with Crippen molar-refractivity contribution >= 4 is 0 Å². The van der Waals surface area contributed by atoms with E-state index in [4.69, 9.17) is 10.5 Å². The maximum atomic E-state index is 6.71. The predicted octanol–water partition coefficient (Wildman–Crippen LogP) is 3.35. The van der Waals surface area contributed by atoms with Crippen molar-refractivity contribution in [2.45, 2.75) is 69.9 Å². The van der Waals surface area contributed by atoms with Gasteiger partial charge in [0.2, 0.25) is 0 Å². The Morgan fingerprint density at radius 3 is 2.33 bits per heavy atom. The van der Waals surface area contributed by atoms with Gasteiger partial charge in [0.25, 0.3) is 0 Å². The second-order valence-corrected chi connectivity index (χ2v) is 7.32. The molecule has 2 N–H and O–H groups in total. The van der Waals surface area contributed by atoms with Crippen LogP contribution in [-0.2, 0) is 4.74 Å². The predicted molar refractivity (Wildman–Crippen MR) is 74.3 cm³/mol. The van der Waals surface area contributed by atoms with Crippen LogP contribution >= 0.6 is 0 Å². The van der Waals surface area contributed by atoms with Crippen LogP contribution in [0, 0.1) is 23.7 Å². The molecule has 0 aromatic heterocycles. The van der Waals surface area contributed by atoms with E-state index in [0.717, 1.165) is 23.7 Å². The van der Waals surface area contributed by atoms with Crippen LogP contribution in [0.2, 0.25) is 0 Å². The Morgan fingerprint density at radius 1 is 1.11 bits per heavy atom. The van der Waals surface area contributed by atoms with Crippen LogP contribution in [0.4, 0.5) is 0 Å². The van der Waals surface area contributed by atoms with Gasteiger partial charge in [0.15, 0.2) is 0 Å². The van der Waals surface area contributed by atoms with Gasteiger partial charge < -0.3 is 10.5 Å². The van der Waals surface area contributed by atoms with Crippen molar-refractivity contribution in [3.63, 3.8) is 0 Å². The summed E-state index contributed by atoms with van der Waals surface area (Å²) in [6.07, 6.45) is 10.7. The number of rotatable bonds is 3. The second kappa shape index (κ2) is 4.79. The van der Waals surface area contributed by atoms with Crippen molar-refractivity contribution in [2.24, 2.45) is 29.4 Å². The van der Waals surface area contributed by atoms with E-state index in [2.05, 4.69) is 6.92 Å². The molecule has 0 heterocycles. The molecule has 0 aromatic rings. The van der Waals surface area contributed by atoms with Crippen molar-refractivity contribution in [3.8, 4) is 0 Å². The Hall–Kier alpha value is -0.0800. The van der Waals surface area contributed by atoms with Gasteiger partial charge in [0, 0.05) is 13.2 Å². The monoisotopic (exact) mass is 251 g/mol. The van der Waals surface area contributed by atoms with Crippen LogP contribution in [0.15, 0.2) is 0 Å². The third kappa shape index (κ3) is 2.02. The molecular weight excluding hydrogens is 222 g/mol. The summed E-state index contributed by atoms with van der Waals surface area (Å²) in [4.78, 5) is 0. The van der Waals surface area contributed by atoms with E-state index < -0.39 is 0 Å². The topological polar surface area (TPSA) is 35.2 Å². The van der Waals surface area contributed by atoms with Gasteiger partial charge in [-0.3, -0.25) is 0 Å². The molecule has 4 atom stereocenters. The summed E-state index contributed by atoms with van der Waals surface area (Å²) in [5, 5.41) is 0. The molecule has 3 aliphatic rings. The van der Waals surface area contributed by atoms with Gasteiger partial charge >= 0.3 is 0 Å². The molecule has 2 nitrogen and oxygen atoms in total. The van der Waals surface area contributed by atoms with E-state index in [1.165, 1.54) is 51.4 Å². The van der Waals surface area contributed by atoms with Gasteiger partial charge in [-0.2, -0.15) is 0 Å². The third-order valence-corrected chi connectivity index (χ3v) is 6.39. The number of methoxy groups -OCH3 is 1. The van der Waals surface area contributed by atoms with E-state index in [-0.39, 0.29) is 11.6 Å². The minimum Gasteiger partial charge on any atom is -0.377 e. The lowest BCUT2D eigenvalue weighted by molar-refractivity contribution is -0.0836. The molecule has 18 heavy (non-hydrogen) atoms. The Balaban J connectivity index is 1.71. The van der Waals surface area contributed by atoms with Crippen LogP contribution in [0.25, 0.3) is 0 Å². The van der Waals surface area contributed by atoms with E-state index in [1.807, 2.05) is 7.11 Å². The average molecular weight is 251 g/mol. The van der Waals surface area contributed by atoms with E-state index in [1.54, 1.807) is 0 Å². The fraction of sp³-hybridized carbons (Fsp3) is 1.00. The molecule has 3 saturated carbocycles. The molecule has 3 fully saturated rings. The zero-order valence-electron chi connectivity index (χ0n) is 12.0. The molecule has 4 unspecified atom stereocenters. The van der Waals surface area contributed by atoms with Gasteiger partial charge in [-0.25, -0.2) is 0 Å². The fourth-order valence-corrected chi connectivity index (χ4v) is 5.05. The standard InChI is InChI=1S/C16H29NO/c1-11-5-7-16(18-2,8-6-11)15(17)14-10-12-3-4-13(14)9-12/h11-15H,3-10,17H2,1-2H3. The molecule has 2 bridgehead atoms. The lowest BCUT2D eigenvalue weighted by Gasteiger charge is -2.46. The third-order valence-electron chi connectivity index (χ3n) is 6.39.